The highest BCUT2D eigenvalue weighted by atomic mass is 35.5. The minimum absolute atomic E-state index is 1.13. The van der Waals surface area contributed by atoms with Crippen LogP contribution in [0, 0.1) is 0 Å². The standard InChI is InChI=1S/C4H6Cl2O2/c1-4(5,6)3(7)8-2/h1-2H3/i2D3. The van der Waals surface area contributed by atoms with E-state index in [1.54, 1.807) is 0 Å². The van der Waals surface area contributed by atoms with Crippen LogP contribution in [-0.4, -0.2) is 17.3 Å². The third-order valence-electron chi connectivity index (χ3n) is 0.451. The van der Waals surface area contributed by atoms with E-state index in [2.05, 4.69) is 4.74 Å². The number of ether oxygens (including phenoxy) is 1. The van der Waals surface area contributed by atoms with Crippen LogP contribution >= 0.6 is 23.2 Å². The quantitative estimate of drug-likeness (QED) is 0.427. The molecule has 0 bridgehead atoms. The van der Waals surface area contributed by atoms with Crippen LogP contribution in [-0.2, 0) is 9.53 Å². The Kier molecular flexibility index (Phi) is 1.27. The lowest BCUT2D eigenvalue weighted by Gasteiger charge is -2.07. The van der Waals surface area contributed by atoms with Gasteiger partial charge in [0.1, 0.15) is 0 Å². The van der Waals surface area contributed by atoms with Crippen LogP contribution in [0.25, 0.3) is 0 Å². The van der Waals surface area contributed by atoms with Gasteiger partial charge in [0, 0.05) is 0 Å². The fourth-order valence-corrected chi connectivity index (χ4v) is 0.167. The molecular weight excluding hydrogens is 151 g/mol. The van der Waals surface area contributed by atoms with Gasteiger partial charge in [-0.3, -0.25) is 0 Å². The average molecular weight is 160 g/mol. The van der Waals surface area contributed by atoms with Crippen molar-refractivity contribution in [3.05, 3.63) is 0 Å². The monoisotopic (exact) mass is 159 g/mol. The zero-order chi connectivity index (χ0) is 9.28. The molecule has 0 radical (unpaired) electrons. The van der Waals surface area contributed by atoms with Crippen molar-refractivity contribution < 1.29 is 13.6 Å². The van der Waals surface area contributed by atoms with Crippen molar-refractivity contribution in [3.8, 4) is 0 Å². The van der Waals surface area contributed by atoms with Crippen molar-refractivity contribution in [2.75, 3.05) is 7.04 Å². The van der Waals surface area contributed by atoms with Crippen LogP contribution in [0.5, 0.6) is 0 Å². The summed E-state index contributed by atoms with van der Waals surface area (Å²) in [6.07, 6.45) is 0. The number of carbonyl (C=O) groups is 1. The van der Waals surface area contributed by atoms with Gasteiger partial charge in [-0.1, -0.05) is 23.2 Å². The van der Waals surface area contributed by atoms with Gasteiger partial charge in [0.05, 0.1) is 11.2 Å². The molecule has 0 heterocycles. The number of halogens is 2. The van der Waals surface area contributed by atoms with Crippen LogP contribution in [0.3, 0.4) is 0 Å². The Morgan fingerprint density at radius 2 is 2.38 bits per heavy atom. The molecule has 0 N–H and O–H groups in total. The van der Waals surface area contributed by atoms with E-state index in [0.717, 1.165) is 6.92 Å². The molecule has 0 aromatic heterocycles. The number of rotatable bonds is 1. The normalized spacial score (nSPS) is 18.1. The number of esters is 1. The highest BCUT2D eigenvalue weighted by molar-refractivity contribution is 6.57. The van der Waals surface area contributed by atoms with Crippen LogP contribution in [0.4, 0.5) is 0 Å². The van der Waals surface area contributed by atoms with Gasteiger partial charge in [-0.05, 0) is 6.92 Å². The second-order valence-corrected chi connectivity index (χ2v) is 2.98. The lowest BCUT2D eigenvalue weighted by molar-refractivity contribution is -0.141. The summed E-state index contributed by atoms with van der Waals surface area (Å²) in [4.78, 5) is 10.6. The van der Waals surface area contributed by atoms with E-state index in [0.29, 0.717) is 0 Å². The molecule has 0 amide bonds. The molecule has 0 aromatic rings. The molecule has 0 saturated carbocycles. The maximum absolute atomic E-state index is 10.6. The maximum Gasteiger partial charge on any atom is 0.342 e. The van der Waals surface area contributed by atoms with Gasteiger partial charge >= 0.3 is 5.97 Å². The first kappa shape index (κ1) is 3.96. The molecule has 0 aliphatic rings. The lowest BCUT2D eigenvalue weighted by Crippen LogP contribution is -2.22. The zero-order valence-corrected chi connectivity index (χ0v) is 5.58. The molecule has 48 valence electrons. The van der Waals surface area contributed by atoms with Gasteiger partial charge < -0.3 is 4.74 Å². The summed E-state index contributed by atoms with van der Waals surface area (Å²) in [6.45, 7) is 1.13. The summed E-state index contributed by atoms with van der Waals surface area (Å²) in [5.41, 5.74) is 0. The average Bonchev–Trinajstić information content (AvgIpc) is 1.56. The highest BCUT2D eigenvalue weighted by Crippen LogP contribution is 2.20. The summed E-state index contributed by atoms with van der Waals surface area (Å²) in [5.74, 6) is -1.18. The highest BCUT2D eigenvalue weighted by Gasteiger charge is 2.27. The minimum Gasteiger partial charge on any atom is -0.467 e. The summed E-state index contributed by atoms with van der Waals surface area (Å²) in [7, 11) is -2.79. The summed E-state index contributed by atoms with van der Waals surface area (Å²) in [5, 5.41) is 0. The first-order valence-corrected chi connectivity index (χ1v) is 2.50. The predicted molar refractivity (Wildman–Crippen MR) is 32.1 cm³/mol. The summed E-state index contributed by atoms with van der Waals surface area (Å²) in [6, 6.07) is 0. The van der Waals surface area contributed by atoms with Gasteiger partial charge in [0.2, 0.25) is 4.33 Å². The number of carbonyl (C=O) groups excluding carboxylic acids is 1. The number of methoxy groups -OCH3 is 1. The number of hydrogen-bond donors (Lipinski definition) is 0. The van der Waals surface area contributed by atoms with E-state index in [9.17, 15) is 4.79 Å². The molecule has 4 heteroatoms. The first-order chi connectivity index (χ1) is 4.63. The van der Waals surface area contributed by atoms with E-state index in [1.807, 2.05) is 0 Å². The Bertz CT molecular complexity index is 160. The molecular formula is C4H6Cl2O2. The van der Waals surface area contributed by atoms with Gasteiger partial charge in [-0.2, -0.15) is 0 Å². The van der Waals surface area contributed by atoms with Crippen molar-refractivity contribution in [2.45, 2.75) is 11.3 Å². The summed E-state index contributed by atoms with van der Waals surface area (Å²) < 4.78 is 21.6. The van der Waals surface area contributed by atoms with Crippen molar-refractivity contribution in [1.82, 2.24) is 0 Å². The van der Waals surface area contributed by atoms with Crippen LogP contribution in [0.15, 0.2) is 0 Å². The van der Waals surface area contributed by atoms with Crippen molar-refractivity contribution >= 4 is 29.2 Å². The smallest absolute Gasteiger partial charge is 0.342 e. The van der Waals surface area contributed by atoms with Crippen LogP contribution < -0.4 is 0 Å². The zero-order valence-electron chi connectivity index (χ0n) is 7.07. The minimum atomic E-state index is -2.79. The lowest BCUT2D eigenvalue weighted by atomic mass is 10.5. The van der Waals surface area contributed by atoms with E-state index in [-0.39, 0.29) is 0 Å². The summed E-state index contributed by atoms with van der Waals surface area (Å²) >= 11 is 10.5. The van der Waals surface area contributed by atoms with Crippen molar-refractivity contribution in [3.63, 3.8) is 0 Å². The fraction of sp³-hybridized carbons (Fsp3) is 0.750. The molecule has 0 rings (SSSR count). The fourth-order valence-electron chi connectivity index (χ4n) is 0.0896. The van der Waals surface area contributed by atoms with E-state index >= 15 is 0 Å². The number of hydrogen-bond acceptors (Lipinski definition) is 2. The molecule has 0 spiro atoms. The second kappa shape index (κ2) is 2.55. The molecule has 0 aliphatic carbocycles. The molecule has 0 aromatic carbocycles. The van der Waals surface area contributed by atoms with Gasteiger partial charge in [-0.25, -0.2) is 4.79 Å². The maximum atomic E-state index is 10.6. The van der Waals surface area contributed by atoms with Gasteiger partial charge in [-0.15, -0.1) is 0 Å². The van der Waals surface area contributed by atoms with Gasteiger partial charge in [0.15, 0.2) is 0 Å². The Labute approximate surface area is 61.9 Å². The third kappa shape index (κ3) is 2.38. The molecule has 0 unspecified atom stereocenters. The van der Waals surface area contributed by atoms with Crippen molar-refractivity contribution in [1.29, 1.82) is 0 Å². The van der Waals surface area contributed by atoms with Crippen molar-refractivity contribution in [2.24, 2.45) is 0 Å². The van der Waals surface area contributed by atoms with E-state index < -0.39 is 17.3 Å². The third-order valence-corrected chi connectivity index (χ3v) is 0.760. The molecule has 2 nitrogen and oxygen atoms in total. The molecule has 8 heavy (non-hydrogen) atoms. The Hall–Kier alpha value is 0.0500. The molecule has 0 fully saturated rings. The Morgan fingerprint density at radius 3 is 2.50 bits per heavy atom. The predicted octanol–water partition coefficient (Wildman–Crippen LogP) is 1.35. The Morgan fingerprint density at radius 1 is 1.88 bits per heavy atom. The molecule has 0 atom stereocenters. The second-order valence-electron chi connectivity index (χ2n) is 1.28. The van der Waals surface area contributed by atoms with Crippen LogP contribution in [0.2, 0.25) is 0 Å². The molecule has 0 aliphatic heterocycles. The Balaban J connectivity index is 4.11. The number of alkyl halides is 2. The van der Waals surface area contributed by atoms with Gasteiger partial charge in [0.25, 0.3) is 0 Å². The molecule has 0 saturated heterocycles. The van der Waals surface area contributed by atoms with E-state index in [1.165, 1.54) is 0 Å². The first-order valence-electron chi connectivity index (χ1n) is 3.24. The largest absolute Gasteiger partial charge is 0.467 e. The van der Waals surface area contributed by atoms with E-state index in [4.69, 9.17) is 27.3 Å². The SMILES string of the molecule is [2H]C([2H])([2H])OC(=O)C(C)(Cl)Cl. The van der Waals surface area contributed by atoms with Crippen LogP contribution in [0.1, 0.15) is 11.0 Å². The topological polar surface area (TPSA) is 26.3 Å².